The lowest BCUT2D eigenvalue weighted by Crippen LogP contribution is -2.17. The fourth-order valence-electron chi connectivity index (χ4n) is 1.05. The van der Waals surface area contributed by atoms with E-state index in [1.165, 1.54) is 6.07 Å². The first-order valence-corrected chi connectivity index (χ1v) is 4.53. The van der Waals surface area contributed by atoms with E-state index in [0.29, 0.717) is 0 Å². The molecule has 1 N–H and O–H groups in total. The Morgan fingerprint density at radius 3 is 2.38 bits per heavy atom. The van der Waals surface area contributed by atoms with Crippen LogP contribution in [0, 0.1) is 0 Å². The fourth-order valence-corrected chi connectivity index (χ4v) is 1.05. The van der Waals surface area contributed by atoms with Gasteiger partial charge in [0.15, 0.2) is 11.5 Å². The molecule has 3 nitrogen and oxygen atoms in total. The van der Waals surface area contributed by atoms with E-state index in [0.717, 1.165) is 12.1 Å². The second-order valence-electron chi connectivity index (χ2n) is 3.34. The molecule has 0 heterocycles. The van der Waals surface area contributed by atoms with Crippen LogP contribution in [0.25, 0.3) is 0 Å². The molecule has 0 aliphatic rings. The van der Waals surface area contributed by atoms with Crippen LogP contribution < -0.4 is 9.47 Å². The van der Waals surface area contributed by atoms with Crippen LogP contribution in [0.15, 0.2) is 18.2 Å². The molecule has 1 aromatic carbocycles. The third-order valence-corrected chi connectivity index (χ3v) is 1.53. The molecule has 1 rings (SSSR count). The molecule has 0 saturated carbocycles. The van der Waals surface area contributed by atoms with Crippen molar-refractivity contribution in [1.29, 1.82) is 0 Å². The summed E-state index contributed by atoms with van der Waals surface area (Å²) in [5.41, 5.74) is 0. The molecule has 0 saturated heterocycles. The molecular weight excluding hydrogens is 225 g/mol. The summed E-state index contributed by atoms with van der Waals surface area (Å²) in [5, 5.41) is 9.15. The molecule has 0 aromatic heterocycles. The van der Waals surface area contributed by atoms with Crippen molar-refractivity contribution in [3.8, 4) is 17.2 Å². The Morgan fingerprint density at radius 1 is 1.25 bits per heavy atom. The smallest absolute Gasteiger partial charge is 0.504 e. The van der Waals surface area contributed by atoms with Gasteiger partial charge in [-0.15, -0.1) is 13.2 Å². The van der Waals surface area contributed by atoms with Crippen LogP contribution >= 0.6 is 0 Å². The van der Waals surface area contributed by atoms with Crippen molar-refractivity contribution in [2.24, 2.45) is 0 Å². The van der Waals surface area contributed by atoms with Crippen LogP contribution in [-0.2, 0) is 0 Å². The molecule has 0 aliphatic carbocycles. The highest BCUT2D eigenvalue weighted by molar-refractivity contribution is 5.44. The van der Waals surface area contributed by atoms with Gasteiger partial charge in [-0.05, 0) is 26.0 Å². The number of phenolic OH excluding ortho intramolecular Hbond substituents is 1. The Balaban J connectivity index is 2.90. The Hall–Kier alpha value is -1.59. The zero-order chi connectivity index (χ0) is 12.3. The van der Waals surface area contributed by atoms with Crippen LogP contribution in [0.4, 0.5) is 13.2 Å². The maximum absolute atomic E-state index is 11.9. The van der Waals surface area contributed by atoms with Crippen LogP contribution in [0.5, 0.6) is 17.2 Å². The average molecular weight is 236 g/mol. The molecule has 16 heavy (non-hydrogen) atoms. The molecule has 1 aromatic rings. The summed E-state index contributed by atoms with van der Waals surface area (Å²) in [7, 11) is 0. The van der Waals surface area contributed by atoms with Gasteiger partial charge in [0.05, 0.1) is 6.10 Å². The van der Waals surface area contributed by atoms with Crippen LogP contribution in [0.3, 0.4) is 0 Å². The molecule has 0 fully saturated rings. The molecule has 90 valence electrons. The van der Waals surface area contributed by atoms with Gasteiger partial charge in [-0.1, -0.05) is 0 Å². The van der Waals surface area contributed by atoms with Gasteiger partial charge in [0.1, 0.15) is 5.75 Å². The third-order valence-electron chi connectivity index (χ3n) is 1.53. The van der Waals surface area contributed by atoms with E-state index in [2.05, 4.69) is 4.74 Å². The Bertz CT molecular complexity index is 361. The minimum absolute atomic E-state index is 0.178. The summed E-state index contributed by atoms with van der Waals surface area (Å²) < 4.78 is 44.6. The van der Waals surface area contributed by atoms with Crippen molar-refractivity contribution in [3.05, 3.63) is 18.2 Å². The number of alkyl halides is 3. The maximum Gasteiger partial charge on any atom is 0.573 e. The molecule has 0 aliphatic heterocycles. The molecular formula is C10H11F3O3. The Labute approximate surface area is 90.4 Å². The monoisotopic (exact) mass is 236 g/mol. The number of rotatable bonds is 3. The molecule has 6 heteroatoms. The largest absolute Gasteiger partial charge is 0.573 e. The number of phenols is 1. The van der Waals surface area contributed by atoms with Crippen LogP contribution in [-0.4, -0.2) is 17.6 Å². The Morgan fingerprint density at radius 2 is 1.88 bits per heavy atom. The summed E-state index contributed by atoms with van der Waals surface area (Å²) in [6.45, 7) is 3.47. The minimum atomic E-state index is -4.84. The lowest BCUT2D eigenvalue weighted by Gasteiger charge is -2.13. The summed E-state index contributed by atoms with van der Waals surface area (Å²) in [4.78, 5) is 0. The highest BCUT2D eigenvalue weighted by atomic mass is 19.4. The highest BCUT2D eigenvalue weighted by Crippen LogP contribution is 2.34. The minimum Gasteiger partial charge on any atom is -0.504 e. The van der Waals surface area contributed by atoms with Crippen molar-refractivity contribution in [1.82, 2.24) is 0 Å². The zero-order valence-electron chi connectivity index (χ0n) is 8.71. The van der Waals surface area contributed by atoms with Gasteiger partial charge in [0.25, 0.3) is 0 Å². The molecule has 0 amide bonds. The predicted octanol–water partition coefficient (Wildman–Crippen LogP) is 3.08. The number of halogens is 3. The van der Waals surface area contributed by atoms with Gasteiger partial charge in [-0.25, -0.2) is 0 Å². The summed E-state index contributed by atoms with van der Waals surface area (Å²) >= 11 is 0. The van der Waals surface area contributed by atoms with Crippen molar-refractivity contribution >= 4 is 0 Å². The van der Waals surface area contributed by atoms with E-state index < -0.39 is 17.9 Å². The molecule has 0 atom stereocenters. The summed E-state index contributed by atoms with van der Waals surface area (Å²) in [6, 6.07) is 3.43. The van der Waals surface area contributed by atoms with Crippen molar-refractivity contribution < 1.29 is 27.8 Å². The SMILES string of the molecule is CC(C)Oc1ccc(O)c(OC(F)(F)F)c1. The van der Waals surface area contributed by atoms with E-state index in [9.17, 15) is 13.2 Å². The first-order chi connectivity index (χ1) is 7.28. The third kappa shape index (κ3) is 3.88. The van der Waals surface area contributed by atoms with Crippen LogP contribution in [0.2, 0.25) is 0 Å². The van der Waals surface area contributed by atoms with Gasteiger partial charge in [-0.3, -0.25) is 0 Å². The Kier molecular flexibility index (Phi) is 3.51. The number of ether oxygens (including phenoxy) is 2. The first-order valence-electron chi connectivity index (χ1n) is 4.53. The standard InChI is InChI=1S/C10H11F3O3/c1-6(2)15-7-3-4-8(14)9(5-7)16-10(11,12)13/h3-6,14H,1-2H3. The lowest BCUT2D eigenvalue weighted by molar-refractivity contribution is -0.275. The topological polar surface area (TPSA) is 38.7 Å². The predicted molar refractivity (Wildman–Crippen MR) is 50.6 cm³/mol. The van der Waals surface area contributed by atoms with Gasteiger partial charge in [-0.2, -0.15) is 0 Å². The van der Waals surface area contributed by atoms with E-state index in [4.69, 9.17) is 9.84 Å². The van der Waals surface area contributed by atoms with E-state index in [1.807, 2.05) is 0 Å². The average Bonchev–Trinajstić information content (AvgIpc) is 2.07. The highest BCUT2D eigenvalue weighted by Gasteiger charge is 2.32. The zero-order valence-corrected chi connectivity index (χ0v) is 8.71. The summed E-state index contributed by atoms with van der Waals surface area (Å²) in [6.07, 6.45) is -5.02. The summed E-state index contributed by atoms with van der Waals surface area (Å²) in [5.74, 6) is -1.06. The van der Waals surface area contributed by atoms with Crippen molar-refractivity contribution in [3.63, 3.8) is 0 Å². The van der Waals surface area contributed by atoms with Gasteiger partial charge in [0, 0.05) is 6.07 Å². The second kappa shape index (κ2) is 4.51. The fraction of sp³-hybridized carbons (Fsp3) is 0.400. The molecule has 0 unspecified atom stereocenters. The van der Waals surface area contributed by atoms with Crippen molar-refractivity contribution in [2.45, 2.75) is 26.3 Å². The van der Waals surface area contributed by atoms with Gasteiger partial charge in [0.2, 0.25) is 0 Å². The van der Waals surface area contributed by atoms with Crippen LogP contribution in [0.1, 0.15) is 13.8 Å². The maximum atomic E-state index is 11.9. The quantitative estimate of drug-likeness (QED) is 0.876. The van der Waals surface area contributed by atoms with Crippen molar-refractivity contribution in [2.75, 3.05) is 0 Å². The molecule has 0 bridgehead atoms. The number of hydrogen-bond acceptors (Lipinski definition) is 3. The van der Waals surface area contributed by atoms with Gasteiger partial charge >= 0.3 is 6.36 Å². The number of benzene rings is 1. The molecule has 0 radical (unpaired) electrons. The van der Waals surface area contributed by atoms with E-state index in [-0.39, 0.29) is 11.9 Å². The number of aromatic hydroxyl groups is 1. The molecule has 0 spiro atoms. The van der Waals surface area contributed by atoms with Gasteiger partial charge < -0.3 is 14.6 Å². The van der Waals surface area contributed by atoms with E-state index >= 15 is 0 Å². The van der Waals surface area contributed by atoms with E-state index in [1.54, 1.807) is 13.8 Å². The number of hydrogen-bond donors (Lipinski definition) is 1. The lowest BCUT2D eigenvalue weighted by atomic mass is 10.3. The second-order valence-corrected chi connectivity index (χ2v) is 3.34. The normalized spacial score (nSPS) is 11.6. The first kappa shape index (κ1) is 12.5.